The Balaban J connectivity index is 1.91. The van der Waals surface area contributed by atoms with E-state index in [0.29, 0.717) is 17.4 Å². The van der Waals surface area contributed by atoms with Crippen LogP contribution in [0.15, 0.2) is 22.9 Å². The molecule has 0 bridgehead atoms. The van der Waals surface area contributed by atoms with E-state index < -0.39 is 0 Å². The predicted molar refractivity (Wildman–Crippen MR) is 79.7 cm³/mol. The molecule has 5 nitrogen and oxygen atoms in total. The summed E-state index contributed by atoms with van der Waals surface area (Å²) >= 11 is 3.36. The molecule has 1 fully saturated rings. The average Bonchev–Trinajstić information content (AvgIpc) is 2.89. The zero-order chi connectivity index (χ0) is 14.1. The van der Waals surface area contributed by atoms with Gasteiger partial charge in [0.2, 0.25) is 0 Å². The molecule has 106 valence electrons. The van der Waals surface area contributed by atoms with Gasteiger partial charge in [-0.1, -0.05) is 6.92 Å². The molecule has 1 aliphatic rings. The first-order valence-corrected chi connectivity index (χ1v) is 7.80. The highest BCUT2D eigenvalue weighted by Crippen LogP contribution is 2.22. The molecule has 0 saturated carbocycles. The van der Waals surface area contributed by atoms with Crippen molar-refractivity contribution in [2.45, 2.75) is 38.6 Å². The molecule has 1 amide bonds. The number of carbonyl (C=O) groups is 1. The van der Waals surface area contributed by atoms with Gasteiger partial charge in [0.25, 0.3) is 5.91 Å². The number of carbonyl (C=O) groups excluding carboxylic acids is 1. The lowest BCUT2D eigenvalue weighted by molar-refractivity contribution is 0.0601. The number of amides is 1. The second-order valence-electron chi connectivity index (χ2n) is 5.16. The van der Waals surface area contributed by atoms with Crippen molar-refractivity contribution in [1.82, 2.24) is 19.5 Å². The minimum atomic E-state index is 0.0261. The summed E-state index contributed by atoms with van der Waals surface area (Å²) < 4.78 is 2.49. The van der Waals surface area contributed by atoms with Gasteiger partial charge in [0.15, 0.2) is 11.3 Å². The molecule has 0 spiro atoms. The SMILES string of the molecule is CC[C@H]1CCCCN1C(=O)c1cc2ncc(Br)cn2n1. The molecule has 1 aliphatic heterocycles. The van der Waals surface area contributed by atoms with Crippen LogP contribution < -0.4 is 0 Å². The molecule has 0 unspecified atom stereocenters. The van der Waals surface area contributed by atoms with Crippen LogP contribution in [0.25, 0.3) is 5.65 Å². The van der Waals surface area contributed by atoms with Gasteiger partial charge >= 0.3 is 0 Å². The van der Waals surface area contributed by atoms with E-state index >= 15 is 0 Å². The summed E-state index contributed by atoms with van der Waals surface area (Å²) in [5, 5.41) is 4.35. The van der Waals surface area contributed by atoms with E-state index in [0.717, 1.165) is 30.3 Å². The van der Waals surface area contributed by atoms with Gasteiger partial charge in [-0.25, -0.2) is 9.50 Å². The molecule has 20 heavy (non-hydrogen) atoms. The van der Waals surface area contributed by atoms with Crippen molar-refractivity contribution in [1.29, 1.82) is 0 Å². The highest BCUT2D eigenvalue weighted by molar-refractivity contribution is 9.10. The summed E-state index contributed by atoms with van der Waals surface area (Å²) in [7, 11) is 0. The first kappa shape index (κ1) is 13.5. The quantitative estimate of drug-likeness (QED) is 0.847. The molecular weight excluding hydrogens is 320 g/mol. The minimum absolute atomic E-state index is 0.0261. The number of aromatic nitrogens is 3. The smallest absolute Gasteiger partial charge is 0.274 e. The molecule has 3 rings (SSSR count). The summed E-state index contributed by atoms with van der Waals surface area (Å²) in [6.07, 6.45) is 7.91. The number of likely N-dealkylation sites (tertiary alicyclic amines) is 1. The van der Waals surface area contributed by atoms with Crippen LogP contribution in [0.2, 0.25) is 0 Å². The number of nitrogens with zero attached hydrogens (tertiary/aromatic N) is 4. The van der Waals surface area contributed by atoms with Gasteiger partial charge in [0.05, 0.1) is 4.47 Å². The van der Waals surface area contributed by atoms with Gasteiger partial charge in [0.1, 0.15) is 0 Å². The normalized spacial score (nSPS) is 19.5. The van der Waals surface area contributed by atoms with Crippen molar-refractivity contribution in [2.75, 3.05) is 6.54 Å². The maximum atomic E-state index is 12.6. The lowest BCUT2D eigenvalue weighted by atomic mass is 9.99. The highest BCUT2D eigenvalue weighted by Gasteiger charge is 2.27. The summed E-state index contributed by atoms with van der Waals surface area (Å²) in [6, 6.07) is 2.11. The number of halogens is 1. The lowest BCUT2D eigenvalue weighted by Crippen LogP contribution is -2.43. The summed E-state index contributed by atoms with van der Waals surface area (Å²) in [6.45, 7) is 2.97. The van der Waals surface area contributed by atoms with E-state index in [2.05, 4.69) is 32.9 Å². The van der Waals surface area contributed by atoms with Gasteiger partial charge in [-0.3, -0.25) is 4.79 Å². The van der Waals surface area contributed by atoms with E-state index in [4.69, 9.17) is 0 Å². The number of fused-ring (bicyclic) bond motifs is 1. The molecule has 1 saturated heterocycles. The predicted octanol–water partition coefficient (Wildman–Crippen LogP) is 2.90. The Kier molecular flexibility index (Phi) is 3.74. The Labute approximate surface area is 126 Å². The molecular formula is C14H17BrN4O. The van der Waals surface area contributed by atoms with Gasteiger partial charge in [-0.2, -0.15) is 5.10 Å². The van der Waals surface area contributed by atoms with E-state index in [1.165, 1.54) is 6.42 Å². The van der Waals surface area contributed by atoms with E-state index in [1.54, 1.807) is 16.8 Å². The first-order valence-electron chi connectivity index (χ1n) is 7.01. The molecule has 2 aromatic heterocycles. The number of hydrogen-bond donors (Lipinski definition) is 0. The Morgan fingerprint density at radius 3 is 3.15 bits per heavy atom. The Hall–Kier alpha value is -1.43. The van der Waals surface area contributed by atoms with Crippen molar-refractivity contribution < 1.29 is 4.79 Å². The average molecular weight is 337 g/mol. The topological polar surface area (TPSA) is 50.5 Å². The van der Waals surface area contributed by atoms with Crippen LogP contribution in [0.1, 0.15) is 43.1 Å². The fraction of sp³-hybridized carbons (Fsp3) is 0.500. The zero-order valence-corrected chi connectivity index (χ0v) is 13.0. The highest BCUT2D eigenvalue weighted by atomic mass is 79.9. The van der Waals surface area contributed by atoms with Crippen LogP contribution in [0.3, 0.4) is 0 Å². The van der Waals surface area contributed by atoms with Crippen molar-refractivity contribution in [3.05, 3.63) is 28.6 Å². The number of piperidine rings is 1. The third-order valence-corrected chi connectivity index (χ3v) is 4.27. The van der Waals surface area contributed by atoms with Crippen LogP contribution >= 0.6 is 15.9 Å². The maximum Gasteiger partial charge on any atom is 0.274 e. The number of hydrogen-bond acceptors (Lipinski definition) is 3. The van der Waals surface area contributed by atoms with E-state index in [-0.39, 0.29) is 5.91 Å². The van der Waals surface area contributed by atoms with Crippen LogP contribution in [-0.4, -0.2) is 38.0 Å². The van der Waals surface area contributed by atoms with Crippen LogP contribution in [-0.2, 0) is 0 Å². The Morgan fingerprint density at radius 1 is 1.50 bits per heavy atom. The lowest BCUT2D eigenvalue weighted by Gasteiger charge is -2.34. The molecule has 6 heteroatoms. The van der Waals surface area contributed by atoms with Gasteiger partial charge in [0, 0.05) is 31.0 Å². The summed E-state index contributed by atoms with van der Waals surface area (Å²) in [4.78, 5) is 18.9. The van der Waals surface area contributed by atoms with E-state index in [1.807, 2.05) is 11.1 Å². The van der Waals surface area contributed by atoms with E-state index in [9.17, 15) is 4.79 Å². The third kappa shape index (κ3) is 2.44. The summed E-state index contributed by atoms with van der Waals surface area (Å²) in [5.74, 6) is 0.0261. The molecule has 2 aromatic rings. The van der Waals surface area contributed by atoms with Crippen LogP contribution in [0.5, 0.6) is 0 Å². The van der Waals surface area contributed by atoms with Gasteiger partial charge in [-0.05, 0) is 41.6 Å². The number of rotatable bonds is 2. The van der Waals surface area contributed by atoms with Crippen molar-refractivity contribution >= 4 is 27.5 Å². The third-order valence-electron chi connectivity index (χ3n) is 3.86. The minimum Gasteiger partial charge on any atom is -0.334 e. The van der Waals surface area contributed by atoms with Crippen LogP contribution in [0, 0.1) is 0 Å². The van der Waals surface area contributed by atoms with Gasteiger partial charge < -0.3 is 4.90 Å². The zero-order valence-electron chi connectivity index (χ0n) is 11.4. The molecule has 1 atom stereocenters. The molecule has 0 aliphatic carbocycles. The maximum absolute atomic E-state index is 12.6. The molecule has 3 heterocycles. The molecule has 0 radical (unpaired) electrons. The second-order valence-corrected chi connectivity index (χ2v) is 6.08. The molecule has 0 N–H and O–H groups in total. The Bertz CT molecular complexity index is 639. The summed E-state index contributed by atoms with van der Waals surface area (Å²) in [5.41, 5.74) is 1.18. The van der Waals surface area contributed by atoms with Crippen LogP contribution in [0.4, 0.5) is 0 Å². The first-order chi connectivity index (χ1) is 9.69. The fourth-order valence-corrected chi connectivity index (χ4v) is 3.09. The Morgan fingerprint density at radius 2 is 2.35 bits per heavy atom. The fourth-order valence-electron chi connectivity index (χ4n) is 2.80. The second kappa shape index (κ2) is 5.52. The standard InChI is InChI=1S/C14H17BrN4O/c1-2-11-5-3-4-6-18(11)14(20)12-7-13-16-8-10(15)9-19(13)17-12/h7-9,11H,2-6H2,1H3/t11-/m0/s1. The molecule has 0 aromatic carbocycles. The van der Waals surface area contributed by atoms with Gasteiger partial charge in [-0.15, -0.1) is 0 Å². The van der Waals surface area contributed by atoms with Crippen molar-refractivity contribution in [3.8, 4) is 0 Å². The van der Waals surface area contributed by atoms with Crippen molar-refractivity contribution in [2.24, 2.45) is 0 Å². The van der Waals surface area contributed by atoms with Crippen molar-refractivity contribution in [3.63, 3.8) is 0 Å². The largest absolute Gasteiger partial charge is 0.334 e. The monoisotopic (exact) mass is 336 g/mol.